The van der Waals surface area contributed by atoms with Crippen molar-refractivity contribution in [1.82, 2.24) is 4.90 Å². The van der Waals surface area contributed by atoms with Crippen molar-refractivity contribution in [3.63, 3.8) is 0 Å². The molecule has 4 heteroatoms. The molecule has 0 saturated carbocycles. The molecule has 1 unspecified atom stereocenters. The van der Waals surface area contributed by atoms with Gasteiger partial charge in [-0.25, -0.2) is 4.79 Å². The van der Waals surface area contributed by atoms with Crippen LogP contribution < -0.4 is 0 Å². The molecule has 18 heavy (non-hydrogen) atoms. The minimum Gasteiger partial charge on any atom is -0.466 e. The van der Waals surface area contributed by atoms with E-state index in [-0.39, 0.29) is 11.9 Å². The number of methoxy groups -OCH3 is 1. The largest absolute Gasteiger partial charge is 0.466 e. The van der Waals surface area contributed by atoms with Crippen LogP contribution in [0.3, 0.4) is 0 Å². The van der Waals surface area contributed by atoms with Crippen molar-refractivity contribution in [2.45, 2.75) is 39.5 Å². The highest BCUT2D eigenvalue weighted by molar-refractivity contribution is 5.88. The predicted molar refractivity (Wildman–Crippen MR) is 70.0 cm³/mol. The molecule has 0 N–H and O–H groups in total. The Bertz CT molecular complexity index is 336. The summed E-state index contributed by atoms with van der Waals surface area (Å²) in [4.78, 5) is 25.0. The van der Waals surface area contributed by atoms with Gasteiger partial charge < -0.3 is 9.64 Å². The minimum absolute atomic E-state index is 0.199. The van der Waals surface area contributed by atoms with Crippen LogP contribution in [0.2, 0.25) is 0 Å². The lowest BCUT2D eigenvalue weighted by molar-refractivity contribution is -0.136. The summed E-state index contributed by atoms with van der Waals surface area (Å²) in [6.45, 7) is 5.40. The second-order valence-corrected chi connectivity index (χ2v) is 4.73. The van der Waals surface area contributed by atoms with Gasteiger partial charge in [0.25, 0.3) is 0 Å². The van der Waals surface area contributed by atoms with E-state index in [1.165, 1.54) is 7.11 Å². The summed E-state index contributed by atoms with van der Waals surface area (Å²) in [5.41, 5.74) is 0.643. The number of hydrogen-bond acceptors (Lipinski definition) is 3. The van der Waals surface area contributed by atoms with Crippen molar-refractivity contribution in [2.24, 2.45) is 5.92 Å². The fraction of sp³-hybridized carbons (Fsp3) is 0.714. The minimum atomic E-state index is -0.297. The van der Waals surface area contributed by atoms with Crippen molar-refractivity contribution >= 4 is 11.9 Å². The highest BCUT2D eigenvalue weighted by Crippen LogP contribution is 2.22. The Labute approximate surface area is 109 Å². The van der Waals surface area contributed by atoms with Crippen LogP contribution in [0.25, 0.3) is 0 Å². The molecule has 0 aromatic heterocycles. The van der Waals surface area contributed by atoms with Crippen LogP contribution >= 0.6 is 0 Å². The van der Waals surface area contributed by atoms with E-state index in [1.54, 1.807) is 0 Å². The molecule has 1 rings (SSSR count). The summed E-state index contributed by atoms with van der Waals surface area (Å²) < 4.78 is 4.69. The van der Waals surface area contributed by atoms with E-state index in [0.717, 1.165) is 19.4 Å². The van der Waals surface area contributed by atoms with Gasteiger partial charge in [-0.15, -0.1) is 0 Å². The second kappa shape index (κ2) is 7.19. The van der Waals surface area contributed by atoms with Gasteiger partial charge in [0.15, 0.2) is 0 Å². The smallest absolute Gasteiger partial charge is 0.333 e. The monoisotopic (exact) mass is 253 g/mol. The van der Waals surface area contributed by atoms with Gasteiger partial charge in [-0.1, -0.05) is 26.3 Å². The van der Waals surface area contributed by atoms with E-state index < -0.39 is 0 Å². The van der Waals surface area contributed by atoms with Gasteiger partial charge in [0.2, 0.25) is 5.91 Å². The molecule has 1 fully saturated rings. The maximum absolute atomic E-state index is 11.8. The molecular weight excluding hydrogens is 230 g/mol. The molecule has 1 amide bonds. The Morgan fingerprint density at radius 3 is 2.78 bits per heavy atom. The summed E-state index contributed by atoms with van der Waals surface area (Å²) in [5.74, 6) is 0.387. The second-order valence-electron chi connectivity index (χ2n) is 4.73. The first-order valence-electron chi connectivity index (χ1n) is 6.67. The van der Waals surface area contributed by atoms with Crippen LogP contribution in [0, 0.1) is 5.92 Å². The topological polar surface area (TPSA) is 46.6 Å². The van der Waals surface area contributed by atoms with E-state index in [9.17, 15) is 9.59 Å². The molecule has 1 heterocycles. The molecule has 4 nitrogen and oxygen atoms in total. The summed E-state index contributed by atoms with van der Waals surface area (Å²) in [6, 6.07) is 0. The number of hydrogen-bond donors (Lipinski definition) is 0. The van der Waals surface area contributed by atoms with Crippen molar-refractivity contribution < 1.29 is 14.3 Å². The van der Waals surface area contributed by atoms with Crippen molar-refractivity contribution in [3.8, 4) is 0 Å². The summed E-state index contributed by atoms with van der Waals surface area (Å²) in [6.07, 6.45) is 5.32. The predicted octanol–water partition coefficient (Wildman–Crippen LogP) is 2.14. The Kier molecular flexibility index (Phi) is 5.89. The number of amides is 1. The van der Waals surface area contributed by atoms with Crippen LogP contribution in [0.1, 0.15) is 39.5 Å². The number of carbonyl (C=O) groups is 2. The van der Waals surface area contributed by atoms with Crippen molar-refractivity contribution in [2.75, 3.05) is 20.2 Å². The van der Waals surface area contributed by atoms with Gasteiger partial charge in [0.05, 0.1) is 7.11 Å². The number of ether oxygens (including phenoxy) is 1. The van der Waals surface area contributed by atoms with Gasteiger partial charge in [-0.2, -0.15) is 0 Å². The third kappa shape index (κ3) is 3.86. The molecule has 1 aliphatic rings. The third-order valence-corrected chi connectivity index (χ3v) is 3.38. The van der Waals surface area contributed by atoms with Crippen LogP contribution in [0.15, 0.2) is 11.6 Å². The van der Waals surface area contributed by atoms with Crippen LogP contribution in [0.4, 0.5) is 0 Å². The first kappa shape index (κ1) is 14.7. The molecule has 0 aromatic rings. The molecule has 0 radical (unpaired) electrons. The lowest BCUT2D eigenvalue weighted by Crippen LogP contribution is -2.25. The highest BCUT2D eigenvalue weighted by Gasteiger charge is 2.28. The fourth-order valence-electron chi connectivity index (χ4n) is 2.36. The fourth-order valence-corrected chi connectivity index (χ4v) is 2.36. The maximum Gasteiger partial charge on any atom is 0.333 e. The van der Waals surface area contributed by atoms with Crippen LogP contribution in [-0.2, 0) is 14.3 Å². The van der Waals surface area contributed by atoms with E-state index >= 15 is 0 Å². The van der Waals surface area contributed by atoms with E-state index in [0.29, 0.717) is 30.9 Å². The Balaban J connectivity index is 2.54. The first-order chi connectivity index (χ1) is 8.62. The zero-order chi connectivity index (χ0) is 13.5. The Morgan fingerprint density at radius 2 is 2.22 bits per heavy atom. The number of rotatable bonds is 6. The molecule has 0 bridgehead atoms. The SMILES string of the molecule is CCCC1CC(=O)N(C/C=C(/CC)C(=O)OC)C1. The van der Waals surface area contributed by atoms with E-state index in [4.69, 9.17) is 4.74 Å². The quantitative estimate of drug-likeness (QED) is 0.538. The highest BCUT2D eigenvalue weighted by atomic mass is 16.5. The summed E-state index contributed by atoms with van der Waals surface area (Å²) >= 11 is 0. The molecule has 1 atom stereocenters. The first-order valence-corrected chi connectivity index (χ1v) is 6.67. The van der Waals surface area contributed by atoms with Crippen LogP contribution in [-0.4, -0.2) is 37.0 Å². The zero-order valence-electron chi connectivity index (χ0n) is 11.6. The number of carbonyl (C=O) groups excluding carboxylic acids is 2. The van der Waals surface area contributed by atoms with Gasteiger partial charge >= 0.3 is 5.97 Å². The molecule has 102 valence electrons. The zero-order valence-corrected chi connectivity index (χ0v) is 11.6. The van der Waals surface area contributed by atoms with E-state index in [1.807, 2.05) is 17.9 Å². The summed E-state index contributed by atoms with van der Waals surface area (Å²) in [7, 11) is 1.38. The Hall–Kier alpha value is -1.32. The average molecular weight is 253 g/mol. The van der Waals surface area contributed by atoms with Gasteiger partial charge in [-0.3, -0.25) is 4.79 Å². The number of esters is 1. The maximum atomic E-state index is 11.8. The van der Waals surface area contributed by atoms with Gasteiger partial charge in [0.1, 0.15) is 0 Å². The lowest BCUT2D eigenvalue weighted by Gasteiger charge is -2.14. The molecular formula is C14H23NO3. The van der Waals surface area contributed by atoms with Gasteiger partial charge in [-0.05, 0) is 18.8 Å². The Morgan fingerprint density at radius 1 is 1.50 bits per heavy atom. The lowest BCUT2D eigenvalue weighted by atomic mass is 10.0. The molecule has 1 saturated heterocycles. The average Bonchev–Trinajstić information content (AvgIpc) is 2.70. The van der Waals surface area contributed by atoms with Crippen molar-refractivity contribution in [3.05, 3.63) is 11.6 Å². The number of likely N-dealkylation sites (tertiary alicyclic amines) is 1. The van der Waals surface area contributed by atoms with Gasteiger partial charge in [0, 0.05) is 25.1 Å². The standard InChI is InChI=1S/C14H23NO3/c1-4-6-11-9-13(16)15(10-11)8-7-12(5-2)14(17)18-3/h7,11H,4-6,8-10H2,1-3H3/b12-7-. The van der Waals surface area contributed by atoms with E-state index in [2.05, 4.69) is 6.92 Å². The van der Waals surface area contributed by atoms with Crippen molar-refractivity contribution in [1.29, 1.82) is 0 Å². The normalized spacial score (nSPS) is 20.4. The third-order valence-electron chi connectivity index (χ3n) is 3.38. The molecule has 0 aromatic carbocycles. The molecule has 0 spiro atoms. The van der Waals surface area contributed by atoms with Crippen LogP contribution in [0.5, 0.6) is 0 Å². The molecule has 1 aliphatic heterocycles. The number of nitrogens with zero attached hydrogens (tertiary/aromatic N) is 1. The summed E-state index contributed by atoms with van der Waals surface area (Å²) in [5, 5.41) is 0. The molecule has 0 aliphatic carbocycles.